The van der Waals surface area contributed by atoms with Crippen molar-refractivity contribution in [3.05, 3.63) is 88.0 Å². The van der Waals surface area contributed by atoms with E-state index < -0.39 is 11.9 Å². The van der Waals surface area contributed by atoms with E-state index in [2.05, 4.69) is 20.0 Å². The van der Waals surface area contributed by atoms with E-state index in [0.717, 1.165) is 11.1 Å². The molecule has 34 heavy (non-hydrogen) atoms. The molecule has 170 valence electrons. The third-order valence-electron chi connectivity index (χ3n) is 6.27. The van der Waals surface area contributed by atoms with Crippen LogP contribution in [-0.4, -0.2) is 46.0 Å². The summed E-state index contributed by atoms with van der Waals surface area (Å²) in [6.45, 7) is 11.4. The Morgan fingerprint density at radius 1 is 1.09 bits per heavy atom. The third-order valence-corrected chi connectivity index (χ3v) is 6.51. The van der Waals surface area contributed by atoms with Gasteiger partial charge in [-0.2, -0.15) is 4.79 Å². The van der Waals surface area contributed by atoms with E-state index in [-0.39, 0.29) is 35.9 Å². The summed E-state index contributed by atoms with van der Waals surface area (Å²) in [4.78, 5) is 50.5. The Labute approximate surface area is 202 Å². The number of hydrogen-bond donors (Lipinski definition) is 0. The molecule has 1 atom stereocenters. The molecule has 4 rings (SSSR count). The maximum Gasteiger partial charge on any atom is 0.676 e. The van der Waals surface area contributed by atoms with E-state index in [1.807, 2.05) is 6.07 Å². The van der Waals surface area contributed by atoms with Gasteiger partial charge >= 0.3 is 6.03 Å². The quantitative estimate of drug-likeness (QED) is 0.283. The number of halogens is 1. The number of carbonyl (C=O) groups is 4. The molecule has 0 bridgehead atoms. The van der Waals surface area contributed by atoms with Gasteiger partial charge in [-0.15, -0.1) is 4.58 Å². The molecule has 0 saturated heterocycles. The van der Waals surface area contributed by atoms with Gasteiger partial charge in [0.15, 0.2) is 23.9 Å². The maximum absolute atomic E-state index is 13.3. The molecule has 7 heteroatoms. The number of rotatable bonds is 4. The highest BCUT2D eigenvalue weighted by atomic mass is 35.5. The van der Waals surface area contributed by atoms with Crippen LogP contribution in [0.5, 0.6) is 0 Å². The van der Waals surface area contributed by atoms with Gasteiger partial charge in [0.05, 0.1) is 11.5 Å². The monoisotopic (exact) mass is 474 g/mol. The van der Waals surface area contributed by atoms with Crippen molar-refractivity contribution in [2.24, 2.45) is 5.92 Å². The van der Waals surface area contributed by atoms with Gasteiger partial charge in [-0.3, -0.25) is 14.4 Å². The van der Waals surface area contributed by atoms with Crippen molar-refractivity contribution in [1.82, 2.24) is 0 Å². The van der Waals surface area contributed by atoms with Crippen LogP contribution < -0.4 is 0 Å². The molecule has 2 aliphatic rings. The first kappa shape index (κ1) is 23.4. The summed E-state index contributed by atoms with van der Waals surface area (Å²) >= 11 is 6.01. The number of ketones is 3. The molecule has 0 N–H and O–H groups in total. The van der Waals surface area contributed by atoms with Crippen LogP contribution in [0, 0.1) is 5.92 Å². The normalized spacial score (nSPS) is 17.8. The number of fused-ring (bicyclic) bond motifs is 1. The summed E-state index contributed by atoms with van der Waals surface area (Å²) in [5.41, 5.74) is 2.96. The van der Waals surface area contributed by atoms with E-state index >= 15 is 0 Å². The average Bonchev–Trinajstić information content (AvgIpc) is 2.83. The van der Waals surface area contributed by atoms with E-state index in [0.29, 0.717) is 34.7 Å². The van der Waals surface area contributed by atoms with Crippen molar-refractivity contribution in [2.75, 3.05) is 0 Å². The largest absolute Gasteiger partial charge is 0.676 e. The van der Waals surface area contributed by atoms with Gasteiger partial charge in [-0.1, -0.05) is 53.1 Å². The number of carbonyl (C=O) groups excluding carboxylic acids is 4. The van der Waals surface area contributed by atoms with Gasteiger partial charge in [0.2, 0.25) is 5.69 Å². The molecule has 0 heterocycles. The fourth-order valence-electron chi connectivity index (χ4n) is 4.40. The number of Topliss-reactive ketones (excluding diaryl/α,β-unsaturated/α-hetero) is 3. The summed E-state index contributed by atoms with van der Waals surface area (Å²) in [5.74, 6) is -1.51. The molecule has 2 aromatic rings. The summed E-state index contributed by atoms with van der Waals surface area (Å²) in [7, 11) is 0. The highest BCUT2D eigenvalue weighted by molar-refractivity contribution is 6.30. The molecule has 1 unspecified atom stereocenters. The molecular formula is C27H23ClN2O4+2. The summed E-state index contributed by atoms with van der Waals surface area (Å²) in [5, 5.41) is 0.484. The molecule has 0 spiro atoms. The first-order chi connectivity index (χ1) is 16.2. The van der Waals surface area contributed by atoms with Crippen molar-refractivity contribution < 1.29 is 28.3 Å². The van der Waals surface area contributed by atoms with Crippen molar-refractivity contribution in [1.29, 1.82) is 0 Å². The van der Waals surface area contributed by atoms with Crippen LogP contribution in [0.2, 0.25) is 5.02 Å². The lowest BCUT2D eigenvalue weighted by Crippen LogP contribution is -2.32. The number of hydrogen-bond acceptors (Lipinski definition) is 4. The first-order valence-electron chi connectivity index (χ1n) is 10.8. The molecule has 1 saturated carbocycles. The van der Waals surface area contributed by atoms with E-state index in [9.17, 15) is 19.2 Å². The van der Waals surface area contributed by atoms with Gasteiger partial charge in [0, 0.05) is 40.3 Å². The number of urea groups is 1. The van der Waals surface area contributed by atoms with Crippen LogP contribution in [0.3, 0.4) is 0 Å². The minimum atomic E-state index is -0.641. The fourth-order valence-corrected chi connectivity index (χ4v) is 4.58. The Balaban J connectivity index is 1.55. The molecule has 2 aliphatic carbocycles. The van der Waals surface area contributed by atoms with Crippen molar-refractivity contribution >= 4 is 54.1 Å². The van der Waals surface area contributed by atoms with Crippen molar-refractivity contribution in [2.45, 2.75) is 25.8 Å². The van der Waals surface area contributed by atoms with Gasteiger partial charge in [0.25, 0.3) is 0 Å². The Morgan fingerprint density at radius 3 is 2.56 bits per heavy atom. The summed E-state index contributed by atoms with van der Waals surface area (Å²) < 4.78 is 2.48. The first-order valence-corrected chi connectivity index (χ1v) is 11.2. The zero-order valence-electron chi connectivity index (χ0n) is 18.6. The molecule has 2 aromatic carbocycles. The topological polar surface area (TPSA) is 74.3 Å². The number of nitrogens with zero attached hydrogens (tertiary/aromatic N) is 2. The minimum absolute atomic E-state index is 0.0341. The van der Waals surface area contributed by atoms with Gasteiger partial charge < -0.3 is 0 Å². The molecule has 1 fully saturated rings. The molecule has 0 radical (unpaired) electrons. The Hall–Kier alpha value is -3.77. The second-order valence-electron chi connectivity index (χ2n) is 8.38. The minimum Gasteiger partial charge on any atom is -0.294 e. The molecule has 0 aliphatic heterocycles. The molecule has 0 aromatic heterocycles. The van der Waals surface area contributed by atoms with Crippen LogP contribution in [0.15, 0.2) is 66.3 Å². The highest BCUT2D eigenvalue weighted by Gasteiger charge is 2.38. The van der Waals surface area contributed by atoms with E-state index in [4.69, 9.17) is 11.6 Å². The predicted molar refractivity (Wildman–Crippen MR) is 129 cm³/mol. The molecule has 2 amide bonds. The molecule has 6 nitrogen and oxygen atoms in total. The van der Waals surface area contributed by atoms with Crippen LogP contribution in [0.25, 0.3) is 0 Å². The number of benzene rings is 2. The van der Waals surface area contributed by atoms with Gasteiger partial charge in [-0.25, -0.2) is 0 Å². The predicted octanol–water partition coefficient (Wildman–Crippen LogP) is 4.49. The van der Waals surface area contributed by atoms with Crippen LogP contribution in [-0.2, 0) is 22.6 Å². The SMILES string of the molecule is C=C1C(=O)CCC(C2=CCc3c(C[N+](=C)C(=O)[N+](=C)c4cccc(Cl)c4)cccc3C2=O)C1=O. The van der Waals surface area contributed by atoms with E-state index in [1.165, 1.54) is 9.15 Å². The summed E-state index contributed by atoms with van der Waals surface area (Å²) in [6, 6.07) is 11.6. The zero-order valence-corrected chi connectivity index (χ0v) is 19.3. The lowest BCUT2D eigenvalue weighted by molar-refractivity contribution is -0.537. The van der Waals surface area contributed by atoms with Crippen LogP contribution >= 0.6 is 11.6 Å². The lowest BCUT2D eigenvalue weighted by atomic mass is 9.74. The van der Waals surface area contributed by atoms with Crippen LogP contribution in [0.1, 0.15) is 34.3 Å². The Morgan fingerprint density at radius 2 is 1.82 bits per heavy atom. The third kappa shape index (κ3) is 4.24. The van der Waals surface area contributed by atoms with Gasteiger partial charge in [-0.05, 0) is 24.5 Å². The highest BCUT2D eigenvalue weighted by Crippen LogP contribution is 2.34. The Bertz CT molecular complexity index is 1350. The Kier molecular flexibility index (Phi) is 6.35. The lowest BCUT2D eigenvalue weighted by Gasteiger charge is -2.26. The number of amides is 2. The van der Waals surface area contributed by atoms with Gasteiger partial charge in [0.1, 0.15) is 13.4 Å². The van der Waals surface area contributed by atoms with Crippen molar-refractivity contribution in [3.8, 4) is 0 Å². The standard InChI is InChI=1S/C27H23ClN2O4/c1-16-24(31)13-12-22(25(16)32)23-11-10-20-17(6-4-9-21(20)26(23)33)15-29(2)27(34)30(3)19-8-5-7-18(28)14-19/h4-9,11,14,22H,1-3,10,12-13,15H2/q+2. The fraction of sp³-hybridized carbons (Fsp3) is 0.185. The average molecular weight is 475 g/mol. The molecular weight excluding hydrogens is 452 g/mol. The zero-order chi connectivity index (χ0) is 24.6. The van der Waals surface area contributed by atoms with E-state index in [1.54, 1.807) is 42.5 Å². The number of allylic oxidation sites excluding steroid dienone is 3. The summed E-state index contributed by atoms with van der Waals surface area (Å²) in [6.07, 6.45) is 2.71. The van der Waals surface area contributed by atoms with Crippen LogP contribution in [0.4, 0.5) is 10.5 Å². The smallest absolute Gasteiger partial charge is 0.294 e. The second kappa shape index (κ2) is 9.23. The maximum atomic E-state index is 13.3. The second-order valence-corrected chi connectivity index (χ2v) is 8.82. The van der Waals surface area contributed by atoms with Crippen molar-refractivity contribution in [3.63, 3.8) is 0 Å².